The van der Waals surface area contributed by atoms with Gasteiger partial charge in [-0.3, -0.25) is 4.99 Å². The summed E-state index contributed by atoms with van der Waals surface area (Å²) in [6.45, 7) is 9.99. The normalized spacial score (nSPS) is 15.4. The second-order valence-electron chi connectivity index (χ2n) is 2.55. The summed E-state index contributed by atoms with van der Waals surface area (Å²) in [5.74, 6) is 0.517. The predicted molar refractivity (Wildman–Crippen MR) is 51.9 cm³/mol. The Labute approximate surface area is 69.5 Å². The van der Waals surface area contributed by atoms with Crippen molar-refractivity contribution in [1.82, 2.24) is 0 Å². The molecule has 62 valence electrons. The van der Waals surface area contributed by atoms with Gasteiger partial charge in [0.25, 0.3) is 0 Å². The smallest absolute Gasteiger partial charge is 0.0425 e. The quantitative estimate of drug-likeness (QED) is 0.547. The molecular weight excluding hydrogens is 134 g/mol. The van der Waals surface area contributed by atoms with E-state index in [1.54, 1.807) is 0 Å². The third kappa shape index (κ3) is 3.76. The van der Waals surface area contributed by atoms with E-state index in [9.17, 15) is 0 Å². The van der Waals surface area contributed by atoms with Gasteiger partial charge in [-0.15, -0.1) is 0 Å². The number of allylic oxidation sites excluding steroid dienone is 2. The Kier molecular flexibility index (Phi) is 5.44. The summed E-state index contributed by atoms with van der Waals surface area (Å²) in [5, 5.41) is 0. The molecule has 0 aliphatic heterocycles. The molecule has 0 aliphatic rings. The highest BCUT2D eigenvalue weighted by Crippen LogP contribution is 2.04. The maximum atomic E-state index is 4.25. The molecule has 0 aromatic heterocycles. The number of hydrogen-bond donors (Lipinski definition) is 0. The van der Waals surface area contributed by atoms with E-state index in [0.29, 0.717) is 5.92 Å². The Balaban J connectivity index is 4.25. The van der Waals surface area contributed by atoms with E-state index in [4.69, 9.17) is 0 Å². The van der Waals surface area contributed by atoms with E-state index in [0.717, 1.165) is 12.1 Å². The van der Waals surface area contributed by atoms with Crippen molar-refractivity contribution in [2.24, 2.45) is 10.9 Å². The summed E-state index contributed by atoms with van der Waals surface area (Å²) in [4.78, 5) is 4.25. The minimum atomic E-state index is 0.517. The lowest BCUT2D eigenvalue weighted by atomic mass is 10.0. The fourth-order valence-corrected chi connectivity index (χ4v) is 0.751. The van der Waals surface area contributed by atoms with Crippen molar-refractivity contribution in [3.8, 4) is 0 Å². The largest absolute Gasteiger partial charge is 0.261 e. The van der Waals surface area contributed by atoms with Crippen LogP contribution in [0.15, 0.2) is 29.9 Å². The van der Waals surface area contributed by atoms with E-state index >= 15 is 0 Å². The Hall–Kier alpha value is -0.850. The van der Waals surface area contributed by atoms with Gasteiger partial charge in [0.1, 0.15) is 0 Å². The van der Waals surface area contributed by atoms with Crippen LogP contribution in [0, 0.1) is 5.92 Å². The molecule has 0 saturated carbocycles. The van der Waals surface area contributed by atoms with Gasteiger partial charge in [0.2, 0.25) is 0 Å². The molecule has 1 heteroatoms. The maximum Gasteiger partial charge on any atom is 0.0425 e. The van der Waals surface area contributed by atoms with Crippen molar-refractivity contribution < 1.29 is 0 Å². The zero-order valence-electron chi connectivity index (χ0n) is 7.67. The molecule has 0 radical (unpaired) electrons. The molecular formula is C10H17N. The van der Waals surface area contributed by atoms with Crippen LogP contribution in [0.4, 0.5) is 0 Å². The molecule has 0 N–H and O–H groups in total. The molecule has 11 heavy (non-hydrogen) atoms. The summed E-state index contributed by atoms with van der Waals surface area (Å²) in [7, 11) is 0. The summed E-state index contributed by atoms with van der Waals surface area (Å²) in [6, 6.07) is 0. The molecule has 1 nitrogen and oxygen atoms in total. The van der Waals surface area contributed by atoms with Gasteiger partial charge in [0.15, 0.2) is 0 Å². The van der Waals surface area contributed by atoms with Gasteiger partial charge in [0.05, 0.1) is 0 Å². The van der Waals surface area contributed by atoms with E-state index in [2.05, 4.69) is 25.4 Å². The number of nitrogens with zero attached hydrogens (tertiary/aromatic N) is 1. The average molecular weight is 151 g/mol. The van der Waals surface area contributed by atoms with E-state index < -0.39 is 0 Å². The second-order valence-corrected chi connectivity index (χ2v) is 2.55. The minimum Gasteiger partial charge on any atom is -0.261 e. The van der Waals surface area contributed by atoms with Gasteiger partial charge in [0, 0.05) is 11.9 Å². The molecule has 0 saturated heterocycles. The van der Waals surface area contributed by atoms with Crippen molar-refractivity contribution in [3.05, 3.63) is 24.9 Å². The molecule has 0 amide bonds. The summed E-state index contributed by atoms with van der Waals surface area (Å²) < 4.78 is 0. The highest BCUT2D eigenvalue weighted by atomic mass is 14.7. The van der Waals surface area contributed by atoms with Crippen molar-refractivity contribution in [2.45, 2.75) is 27.2 Å². The first-order valence-corrected chi connectivity index (χ1v) is 4.07. The zero-order chi connectivity index (χ0) is 8.69. The molecule has 0 heterocycles. The Morgan fingerprint density at radius 3 is 2.64 bits per heavy atom. The van der Waals surface area contributed by atoms with Crippen LogP contribution < -0.4 is 0 Å². The van der Waals surface area contributed by atoms with Crippen LogP contribution in [-0.2, 0) is 0 Å². The Morgan fingerprint density at radius 1 is 1.64 bits per heavy atom. The van der Waals surface area contributed by atoms with Gasteiger partial charge in [-0.1, -0.05) is 26.5 Å². The van der Waals surface area contributed by atoms with Gasteiger partial charge in [-0.2, -0.15) is 0 Å². The highest BCUT2D eigenvalue weighted by molar-refractivity contribution is 5.96. The third-order valence-electron chi connectivity index (χ3n) is 1.70. The van der Waals surface area contributed by atoms with Gasteiger partial charge in [-0.25, -0.2) is 0 Å². The van der Waals surface area contributed by atoms with E-state index in [1.165, 1.54) is 0 Å². The second kappa shape index (κ2) is 5.90. The van der Waals surface area contributed by atoms with Crippen LogP contribution in [0.1, 0.15) is 27.2 Å². The molecule has 1 unspecified atom stereocenters. The molecule has 0 spiro atoms. The number of hydrogen-bond acceptors (Lipinski definition) is 1. The van der Waals surface area contributed by atoms with Crippen LogP contribution in [0.5, 0.6) is 0 Å². The first-order valence-electron chi connectivity index (χ1n) is 4.07. The Bertz CT molecular complexity index is 166. The standard InChI is InChI=1S/C10H17N/c1-5-8-11-10(7-3)9(4)6-2/h5,7-9H,3,6H2,1-2,4H3/b8-5-,11-10?. The maximum absolute atomic E-state index is 4.25. The first kappa shape index (κ1) is 10.2. The fourth-order valence-electron chi connectivity index (χ4n) is 0.751. The van der Waals surface area contributed by atoms with Crippen LogP contribution >= 0.6 is 0 Å². The SMILES string of the molecule is C=CC(=N/C=C\C)C(C)CC. The van der Waals surface area contributed by atoms with Crippen molar-refractivity contribution in [3.63, 3.8) is 0 Å². The highest BCUT2D eigenvalue weighted by Gasteiger charge is 2.01. The summed E-state index contributed by atoms with van der Waals surface area (Å²) in [5.41, 5.74) is 1.07. The molecule has 0 aromatic rings. The first-order chi connectivity index (χ1) is 5.26. The topological polar surface area (TPSA) is 12.4 Å². The van der Waals surface area contributed by atoms with E-state index in [1.807, 2.05) is 25.3 Å². The monoisotopic (exact) mass is 151 g/mol. The van der Waals surface area contributed by atoms with Gasteiger partial charge >= 0.3 is 0 Å². The van der Waals surface area contributed by atoms with Crippen molar-refractivity contribution >= 4 is 5.71 Å². The fraction of sp³-hybridized carbons (Fsp3) is 0.500. The molecule has 0 aromatic carbocycles. The number of rotatable bonds is 4. The van der Waals surface area contributed by atoms with Crippen LogP contribution in [0.25, 0.3) is 0 Å². The van der Waals surface area contributed by atoms with E-state index in [-0.39, 0.29) is 0 Å². The van der Waals surface area contributed by atoms with Crippen LogP contribution in [0.2, 0.25) is 0 Å². The molecule has 0 fully saturated rings. The minimum absolute atomic E-state index is 0.517. The lowest BCUT2D eigenvalue weighted by Gasteiger charge is -2.06. The van der Waals surface area contributed by atoms with Crippen LogP contribution in [-0.4, -0.2) is 5.71 Å². The molecule has 0 aliphatic carbocycles. The molecule has 0 bridgehead atoms. The molecule has 1 atom stereocenters. The van der Waals surface area contributed by atoms with Crippen molar-refractivity contribution in [1.29, 1.82) is 0 Å². The van der Waals surface area contributed by atoms with Gasteiger partial charge < -0.3 is 0 Å². The van der Waals surface area contributed by atoms with Gasteiger partial charge in [-0.05, 0) is 25.3 Å². The average Bonchev–Trinajstić information content (AvgIpc) is 2.05. The van der Waals surface area contributed by atoms with Crippen LogP contribution in [0.3, 0.4) is 0 Å². The lowest BCUT2D eigenvalue weighted by molar-refractivity contribution is 0.742. The van der Waals surface area contributed by atoms with Crippen molar-refractivity contribution in [2.75, 3.05) is 0 Å². The molecule has 0 rings (SSSR count). The predicted octanol–water partition coefficient (Wildman–Crippen LogP) is 3.19. The number of aliphatic imine (C=N–C) groups is 1. The summed E-state index contributed by atoms with van der Waals surface area (Å²) >= 11 is 0. The zero-order valence-corrected chi connectivity index (χ0v) is 7.67. The lowest BCUT2D eigenvalue weighted by Crippen LogP contribution is -2.05. The Morgan fingerprint density at radius 2 is 2.27 bits per heavy atom. The summed E-state index contributed by atoms with van der Waals surface area (Å²) in [6.07, 6.45) is 6.67. The third-order valence-corrected chi connectivity index (χ3v) is 1.70.